The zero-order valence-electron chi connectivity index (χ0n) is 9.55. The van der Waals surface area contributed by atoms with Crippen LogP contribution < -0.4 is 4.74 Å². The minimum atomic E-state index is -0.637. The normalized spacial score (nSPS) is 10.2. The molecular weight excluding hydrogens is 319 g/mol. The van der Waals surface area contributed by atoms with Crippen molar-refractivity contribution in [3.63, 3.8) is 0 Å². The molecular formula is C12H8BrFN2O3. The maximum atomic E-state index is 13.1. The van der Waals surface area contributed by atoms with Crippen LogP contribution in [-0.4, -0.2) is 9.91 Å². The molecule has 0 atom stereocenters. The van der Waals surface area contributed by atoms with Gasteiger partial charge in [0, 0.05) is 29.7 Å². The lowest BCUT2D eigenvalue weighted by Crippen LogP contribution is -1.95. The van der Waals surface area contributed by atoms with Crippen LogP contribution in [0.2, 0.25) is 0 Å². The van der Waals surface area contributed by atoms with E-state index in [0.717, 1.165) is 23.8 Å². The van der Waals surface area contributed by atoms with Gasteiger partial charge in [-0.3, -0.25) is 10.1 Å². The van der Waals surface area contributed by atoms with E-state index in [4.69, 9.17) is 4.74 Å². The van der Waals surface area contributed by atoms with Gasteiger partial charge in [0.05, 0.1) is 4.92 Å². The summed E-state index contributed by atoms with van der Waals surface area (Å²) in [6, 6.07) is 6.33. The number of pyridine rings is 1. The molecule has 19 heavy (non-hydrogen) atoms. The Hall–Kier alpha value is -2.02. The third-order valence-corrected chi connectivity index (χ3v) is 2.93. The fourth-order valence-corrected chi connectivity index (χ4v) is 1.72. The maximum absolute atomic E-state index is 13.1. The van der Waals surface area contributed by atoms with Gasteiger partial charge in [0.1, 0.15) is 5.82 Å². The number of nitro benzene ring substituents is 1. The molecule has 1 aromatic carbocycles. The molecule has 0 bridgehead atoms. The zero-order valence-corrected chi connectivity index (χ0v) is 11.1. The van der Waals surface area contributed by atoms with Crippen molar-refractivity contribution in [2.24, 2.45) is 0 Å². The summed E-state index contributed by atoms with van der Waals surface area (Å²) in [5.41, 5.74) is 0.619. The fraction of sp³-hybridized carbons (Fsp3) is 0.0833. The minimum absolute atomic E-state index is 0.165. The van der Waals surface area contributed by atoms with Crippen LogP contribution in [0.15, 0.2) is 36.5 Å². The molecule has 0 aliphatic rings. The van der Waals surface area contributed by atoms with Crippen molar-refractivity contribution in [1.29, 1.82) is 0 Å². The molecule has 0 aliphatic carbocycles. The molecule has 0 N–H and O–H groups in total. The molecule has 0 fully saturated rings. The molecule has 5 nitrogen and oxygen atoms in total. The Balaban J connectivity index is 2.31. The molecule has 2 rings (SSSR count). The van der Waals surface area contributed by atoms with Crippen molar-refractivity contribution >= 4 is 21.6 Å². The fourth-order valence-electron chi connectivity index (χ4n) is 1.38. The van der Waals surface area contributed by atoms with Crippen LogP contribution in [0.5, 0.6) is 11.6 Å². The van der Waals surface area contributed by atoms with E-state index in [2.05, 4.69) is 20.9 Å². The van der Waals surface area contributed by atoms with Gasteiger partial charge in [0.15, 0.2) is 0 Å². The first-order valence-electron chi connectivity index (χ1n) is 5.23. The first-order chi connectivity index (χ1) is 9.10. The minimum Gasteiger partial charge on any atom is -0.432 e. The summed E-state index contributed by atoms with van der Waals surface area (Å²) in [5, 5.41) is 11.4. The van der Waals surface area contributed by atoms with E-state index in [9.17, 15) is 14.5 Å². The van der Waals surface area contributed by atoms with E-state index in [1.165, 1.54) is 0 Å². The van der Waals surface area contributed by atoms with Gasteiger partial charge in [-0.25, -0.2) is 9.37 Å². The number of hydrogen-bond acceptors (Lipinski definition) is 4. The first kappa shape index (κ1) is 13.4. The van der Waals surface area contributed by atoms with Gasteiger partial charge >= 0.3 is 5.69 Å². The van der Waals surface area contributed by atoms with Crippen LogP contribution in [0.4, 0.5) is 10.1 Å². The van der Waals surface area contributed by atoms with Gasteiger partial charge in [-0.15, -0.1) is 0 Å². The SMILES string of the molecule is O=[N+]([O-])c1ccc(F)cc1Oc1ccc(CBr)cn1. The molecule has 7 heteroatoms. The van der Waals surface area contributed by atoms with Gasteiger partial charge in [0.2, 0.25) is 11.6 Å². The molecule has 2 aromatic rings. The molecule has 0 saturated heterocycles. The maximum Gasteiger partial charge on any atom is 0.311 e. The van der Waals surface area contributed by atoms with E-state index >= 15 is 0 Å². The number of rotatable bonds is 4. The van der Waals surface area contributed by atoms with Crippen molar-refractivity contribution in [1.82, 2.24) is 4.98 Å². The van der Waals surface area contributed by atoms with E-state index in [0.29, 0.717) is 5.33 Å². The second-order valence-corrected chi connectivity index (χ2v) is 4.17. The summed E-state index contributed by atoms with van der Waals surface area (Å²) in [6.07, 6.45) is 1.56. The third kappa shape index (κ3) is 3.25. The average molecular weight is 327 g/mol. The van der Waals surface area contributed by atoms with Crippen LogP contribution in [0.25, 0.3) is 0 Å². The van der Waals surface area contributed by atoms with Gasteiger partial charge in [-0.1, -0.05) is 22.0 Å². The van der Waals surface area contributed by atoms with Crippen molar-refractivity contribution < 1.29 is 14.1 Å². The topological polar surface area (TPSA) is 65.3 Å². The summed E-state index contributed by atoms with van der Waals surface area (Å²) in [4.78, 5) is 14.1. The number of aromatic nitrogens is 1. The molecule has 1 heterocycles. The lowest BCUT2D eigenvalue weighted by atomic mass is 10.3. The number of nitrogens with zero attached hydrogens (tertiary/aromatic N) is 2. The van der Waals surface area contributed by atoms with Crippen molar-refractivity contribution in [2.75, 3.05) is 0 Å². The van der Waals surface area contributed by atoms with Crippen LogP contribution >= 0.6 is 15.9 Å². The number of hydrogen-bond donors (Lipinski definition) is 0. The monoisotopic (exact) mass is 326 g/mol. The molecule has 0 spiro atoms. The van der Waals surface area contributed by atoms with E-state index in [1.807, 2.05) is 0 Å². The van der Waals surface area contributed by atoms with Gasteiger partial charge in [-0.05, 0) is 11.6 Å². The second-order valence-electron chi connectivity index (χ2n) is 3.61. The molecule has 0 amide bonds. The smallest absolute Gasteiger partial charge is 0.311 e. The first-order valence-corrected chi connectivity index (χ1v) is 6.35. The highest BCUT2D eigenvalue weighted by Gasteiger charge is 2.17. The van der Waals surface area contributed by atoms with Crippen LogP contribution in [0.3, 0.4) is 0 Å². The Kier molecular flexibility index (Phi) is 4.06. The summed E-state index contributed by atoms with van der Waals surface area (Å²) in [6.45, 7) is 0. The van der Waals surface area contributed by atoms with Crippen LogP contribution in [0.1, 0.15) is 5.56 Å². The molecule has 0 unspecified atom stereocenters. The highest BCUT2D eigenvalue weighted by molar-refractivity contribution is 9.08. The molecule has 0 aliphatic heterocycles. The number of ether oxygens (including phenoxy) is 1. The third-order valence-electron chi connectivity index (χ3n) is 2.28. The Bertz CT molecular complexity index is 604. The molecule has 0 saturated carbocycles. The molecule has 1 aromatic heterocycles. The summed E-state index contributed by atoms with van der Waals surface area (Å²) in [5.74, 6) is -0.625. The predicted molar refractivity (Wildman–Crippen MR) is 70.0 cm³/mol. The largest absolute Gasteiger partial charge is 0.432 e. The van der Waals surface area contributed by atoms with E-state index in [-0.39, 0.29) is 17.3 Å². The van der Waals surface area contributed by atoms with Gasteiger partial charge in [-0.2, -0.15) is 0 Å². The Morgan fingerprint density at radius 1 is 1.37 bits per heavy atom. The van der Waals surface area contributed by atoms with Crippen molar-refractivity contribution in [3.05, 3.63) is 58.0 Å². The highest BCUT2D eigenvalue weighted by Crippen LogP contribution is 2.31. The van der Waals surface area contributed by atoms with Crippen LogP contribution in [0, 0.1) is 15.9 Å². The lowest BCUT2D eigenvalue weighted by Gasteiger charge is -2.05. The quantitative estimate of drug-likeness (QED) is 0.486. The molecule has 98 valence electrons. The Morgan fingerprint density at radius 2 is 2.16 bits per heavy atom. The zero-order chi connectivity index (χ0) is 13.8. The second kappa shape index (κ2) is 5.75. The summed E-state index contributed by atoms with van der Waals surface area (Å²) in [7, 11) is 0. The van der Waals surface area contributed by atoms with E-state index in [1.54, 1.807) is 18.3 Å². The number of nitro groups is 1. The number of alkyl halides is 1. The highest BCUT2D eigenvalue weighted by atomic mass is 79.9. The van der Waals surface area contributed by atoms with Crippen molar-refractivity contribution in [3.8, 4) is 11.6 Å². The summed E-state index contributed by atoms with van der Waals surface area (Å²) < 4.78 is 18.3. The standard InChI is InChI=1S/C12H8BrFN2O3/c13-6-8-1-4-12(15-7-8)19-11-5-9(14)2-3-10(11)16(17)18/h1-5,7H,6H2. The number of benzene rings is 1. The predicted octanol–water partition coefficient (Wildman–Crippen LogP) is 3.82. The van der Waals surface area contributed by atoms with E-state index < -0.39 is 10.7 Å². The van der Waals surface area contributed by atoms with Crippen molar-refractivity contribution in [2.45, 2.75) is 5.33 Å². The summed E-state index contributed by atoms with van der Waals surface area (Å²) >= 11 is 3.27. The number of halogens is 2. The van der Waals surface area contributed by atoms with Gasteiger partial charge < -0.3 is 4.74 Å². The van der Waals surface area contributed by atoms with Crippen LogP contribution in [-0.2, 0) is 5.33 Å². The van der Waals surface area contributed by atoms with Gasteiger partial charge in [0.25, 0.3) is 0 Å². The lowest BCUT2D eigenvalue weighted by molar-refractivity contribution is -0.385. The Morgan fingerprint density at radius 3 is 2.74 bits per heavy atom. The Labute approximate surface area is 116 Å². The average Bonchev–Trinajstić information content (AvgIpc) is 2.39. The molecule has 0 radical (unpaired) electrons.